The molecule has 0 spiro atoms. The summed E-state index contributed by atoms with van der Waals surface area (Å²) in [5, 5.41) is 12.9. The normalized spacial score (nSPS) is 11.9. The first-order valence-electron chi connectivity index (χ1n) is 8.73. The molecule has 0 fully saturated rings. The lowest BCUT2D eigenvalue weighted by atomic mass is 10.1. The molecule has 6 nitrogen and oxygen atoms in total. The second-order valence-corrected chi connectivity index (χ2v) is 6.28. The lowest BCUT2D eigenvalue weighted by Crippen LogP contribution is -2.37. The van der Waals surface area contributed by atoms with Crippen molar-refractivity contribution in [3.8, 4) is 5.75 Å². The summed E-state index contributed by atoms with van der Waals surface area (Å²) < 4.78 is 10.6. The number of furan rings is 1. The van der Waals surface area contributed by atoms with Gasteiger partial charge in [0, 0.05) is 23.6 Å². The summed E-state index contributed by atoms with van der Waals surface area (Å²) >= 11 is 0. The highest BCUT2D eigenvalue weighted by molar-refractivity contribution is 5.88. The molecule has 0 aliphatic heterocycles. The smallest absolute Gasteiger partial charge is 0.311 e. The molecule has 0 saturated heterocycles. The van der Waals surface area contributed by atoms with Crippen molar-refractivity contribution in [2.45, 2.75) is 25.9 Å². The standard InChI is InChI=1S/C21H21NO5/c1-14(21(25)22-10-9-15-5-3-2-4-6-15)27-20(24)11-16-13-26-19-12-17(23)7-8-18(16)19/h2-8,12-14,23H,9-11H2,1H3,(H,22,25)/t14-/m0/s1. The molecule has 0 aliphatic rings. The van der Waals surface area contributed by atoms with Crippen molar-refractivity contribution < 1.29 is 23.8 Å². The number of carbonyl (C=O) groups excluding carboxylic acids is 2. The minimum Gasteiger partial charge on any atom is -0.508 e. The fourth-order valence-corrected chi connectivity index (χ4v) is 2.78. The zero-order valence-corrected chi connectivity index (χ0v) is 15.0. The number of hydrogen-bond acceptors (Lipinski definition) is 5. The van der Waals surface area contributed by atoms with Crippen LogP contribution < -0.4 is 5.32 Å². The van der Waals surface area contributed by atoms with Gasteiger partial charge in [-0.15, -0.1) is 0 Å². The zero-order valence-electron chi connectivity index (χ0n) is 15.0. The first kappa shape index (κ1) is 18.5. The van der Waals surface area contributed by atoms with E-state index in [2.05, 4.69) is 5.32 Å². The van der Waals surface area contributed by atoms with E-state index in [1.54, 1.807) is 13.0 Å². The Hall–Kier alpha value is -3.28. The molecule has 0 saturated carbocycles. The van der Waals surface area contributed by atoms with Gasteiger partial charge in [-0.25, -0.2) is 0 Å². The number of hydrogen-bond donors (Lipinski definition) is 2. The number of fused-ring (bicyclic) bond motifs is 1. The van der Waals surface area contributed by atoms with Gasteiger partial charge in [0.25, 0.3) is 5.91 Å². The molecule has 0 radical (unpaired) electrons. The quantitative estimate of drug-likeness (QED) is 0.627. The number of phenolic OH excluding ortho intramolecular Hbond substituents is 1. The van der Waals surface area contributed by atoms with Crippen molar-refractivity contribution in [1.82, 2.24) is 5.32 Å². The minimum absolute atomic E-state index is 0.0145. The number of carbonyl (C=O) groups is 2. The number of nitrogens with one attached hydrogen (secondary N) is 1. The molecule has 1 aromatic heterocycles. The molecule has 27 heavy (non-hydrogen) atoms. The Kier molecular flexibility index (Phi) is 5.76. The maximum atomic E-state index is 12.1. The van der Waals surface area contributed by atoms with E-state index < -0.39 is 12.1 Å². The number of esters is 1. The largest absolute Gasteiger partial charge is 0.508 e. The van der Waals surface area contributed by atoms with Crippen LogP contribution in [0.25, 0.3) is 11.0 Å². The fraction of sp³-hybridized carbons (Fsp3) is 0.238. The van der Waals surface area contributed by atoms with Crippen molar-refractivity contribution in [3.63, 3.8) is 0 Å². The molecule has 0 bridgehead atoms. The second-order valence-electron chi connectivity index (χ2n) is 6.28. The molecular formula is C21H21NO5. The maximum absolute atomic E-state index is 12.1. The summed E-state index contributed by atoms with van der Waals surface area (Å²) in [6, 6.07) is 14.5. The van der Waals surface area contributed by atoms with Crippen molar-refractivity contribution in [2.75, 3.05) is 6.54 Å². The average molecular weight is 367 g/mol. The third kappa shape index (κ3) is 4.88. The molecule has 3 rings (SSSR count). The minimum atomic E-state index is -0.879. The maximum Gasteiger partial charge on any atom is 0.311 e. The van der Waals surface area contributed by atoms with Crippen LogP contribution >= 0.6 is 0 Å². The highest BCUT2D eigenvalue weighted by atomic mass is 16.5. The third-order valence-corrected chi connectivity index (χ3v) is 4.21. The molecule has 140 valence electrons. The molecule has 0 aliphatic carbocycles. The van der Waals surface area contributed by atoms with Gasteiger partial charge in [0.1, 0.15) is 11.3 Å². The van der Waals surface area contributed by atoms with Gasteiger partial charge in [-0.2, -0.15) is 0 Å². The van der Waals surface area contributed by atoms with Gasteiger partial charge in [-0.3, -0.25) is 9.59 Å². The van der Waals surface area contributed by atoms with Gasteiger partial charge < -0.3 is 19.6 Å². The number of amides is 1. The second kappa shape index (κ2) is 8.40. The van der Waals surface area contributed by atoms with E-state index >= 15 is 0 Å². The lowest BCUT2D eigenvalue weighted by Gasteiger charge is -2.13. The van der Waals surface area contributed by atoms with Crippen molar-refractivity contribution in [2.24, 2.45) is 0 Å². The van der Waals surface area contributed by atoms with E-state index in [0.29, 0.717) is 24.1 Å². The number of rotatable bonds is 7. The van der Waals surface area contributed by atoms with Gasteiger partial charge >= 0.3 is 5.97 Å². The van der Waals surface area contributed by atoms with Crippen molar-refractivity contribution in [1.29, 1.82) is 0 Å². The van der Waals surface area contributed by atoms with Gasteiger partial charge in [-0.1, -0.05) is 30.3 Å². The highest BCUT2D eigenvalue weighted by Gasteiger charge is 2.19. The first-order chi connectivity index (χ1) is 13.0. The van der Waals surface area contributed by atoms with Gasteiger partial charge in [0.2, 0.25) is 0 Å². The van der Waals surface area contributed by atoms with E-state index in [1.807, 2.05) is 30.3 Å². The molecule has 1 atom stereocenters. The number of aromatic hydroxyl groups is 1. The van der Waals surface area contributed by atoms with Gasteiger partial charge in [0.15, 0.2) is 6.10 Å². The molecule has 3 aromatic rings. The molecule has 6 heteroatoms. The van der Waals surface area contributed by atoms with Crippen LogP contribution in [0, 0.1) is 0 Å². The summed E-state index contributed by atoms with van der Waals surface area (Å²) in [6.07, 6.45) is 1.27. The molecular weight excluding hydrogens is 346 g/mol. The van der Waals surface area contributed by atoms with E-state index in [4.69, 9.17) is 9.15 Å². The molecule has 0 unspecified atom stereocenters. The predicted octanol–water partition coefficient (Wildman–Crippen LogP) is 2.97. The Morgan fingerprint density at radius 3 is 2.74 bits per heavy atom. The summed E-state index contributed by atoms with van der Waals surface area (Å²) in [4.78, 5) is 24.2. The Morgan fingerprint density at radius 2 is 1.96 bits per heavy atom. The van der Waals surface area contributed by atoms with E-state index in [0.717, 1.165) is 10.9 Å². The van der Waals surface area contributed by atoms with Gasteiger partial charge in [0.05, 0.1) is 12.7 Å². The van der Waals surface area contributed by atoms with Crippen molar-refractivity contribution in [3.05, 3.63) is 65.9 Å². The summed E-state index contributed by atoms with van der Waals surface area (Å²) in [6.45, 7) is 2.02. The first-order valence-corrected chi connectivity index (χ1v) is 8.73. The SMILES string of the molecule is C[C@H](OC(=O)Cc1coc2cc(O)ccc12)C(=O)NCCc1ccccc1. The lowest BCUT2D eigenvalue weighted by molar-refractivity contribution is -0.154. The van der Waals surface area contributed by atoms with Crippen LogP contribution in [-0.2, 0) is 27.2 Å². The topological polar surface area (TPSA) is 88.8 Å². The van der Waals surface area contributed by atoms with Gasteiger partial charge in [-0.05, 0) is 31.0 Å². The van der Waals surface area contributed by atoms with Crippen LogP contribution in [0.1, 0.15) is 18.1 Å². The number of benzene rings is 2. The van der Waals surface area contributed by atoms with Crippen LogP contribution in [-0.4, -0.2) is 29.6 Å². The van der Waals surface area contributed by atoms with E-state index in [9.17, 15) is 14.7 Å². The Balaban J connectivity index is 1.48. The van der Waals surface area contributed by atoms with E-state index in [1.165, 1.54) is 18.4 Å². The fourth-order valence-electron chi connectivity index (χ4n) is 2.78. The summed E-state index contributed by atoms with van der Waals surface area (Å²) in [5.74, 6) is -0.760. The number of phenols is 1. The molecule has 2 N–H and O–H groups in total. The van der Waals surface area contributed by atoms with Crippen LogP contribution in [0.5, 0.6) is 5.75 Å². The Morgan fingerprint density at radius 1 is 1.19 bits per heavy atom. The molecule has 1 amide bonds. The van der Waals surface area contributed by atoms with Crippen LogP contribution in [0.2, 0.25) is 0 Å². The van der Waals surface area contributed by atoms with Crippen molar-refractivity contribution >= 4 is 22.8 Å². The summed E-state index contributed by atoms with van der Waals surface area (Å²) in [7, 11) is 0. The predicted molar refractivity (Wildman–Crippen MR) is 100 cm³/mol. The average Bonchev–Trinajstić information content (AvgIpc) is 3.04. The monoisotopic (exact) mass is 367 g/mol. The Bertz CT molecular complexity index is 932. The van der Waals surface area contributed by atoms with E-state index in [-0.39, 0.29) is 18.1 Å². The van der Waals surface area contributed by atoms with Crippen LogP contribution in [0.15, 0.2) is 59.2 Å². The van der Waals surface area contributed by atoms with Crippen LogP contribution in [0.3, 0.4) is 0 Å². The zero-order chi connectivity index (χ0) is 19.2. The molecule has 1 heterocycles. The summed E-state index contributed by atoms with van der Waals surface area (Å²) in [5.41, 5.74) is 2.26. The third-order valence-electron chi connectivity index (χ3n) is 4.21. The Labute approximate surface area is 156 Å². The molecule has 2 aromatic carbocycles. The number of ether oxygens (including phenoxy) is 1. The highest BCUT2D eigenvalue weighted by Crippen LogP contribution is 2.25. The van der Waals surface area contributed by atoms with Crippen LogP contribution in [0.4, 0.5) is 0 Å².